The fourth-order valence-corrected chi connectivity index (χ4v) is 1.75. The molecule has 9 nitrogen and oxygen atoms in total. The molecule has 1 atom stereocenters. The quantitative estimate of drug-likeness (QED) is 0.580. The molecule has 0 saturated carbocycles. The van der Waals surface area contributed by atoms with Crippen molar-refractivity contribution in [1.29, 1.82) is 5.26 Å². The molecule has 134 valence electrons. The zero-order valence-electron chi connectivity index (χ0n) is 13.7. The van der Waals surface area contributed by atoms with Gasteiger partial charge in [-0.3, -0.25) is 20.4 Å². The van der Waals surface area contributed by atoms with E-state index in [2.05, 4.69) is 10.9 Å². The van der Waals surface area contributed by atoms with Gasteiger partial charge in [-0.25, -0.2) is 4.79 Å². The van der Waals surface area contributed by atoms with Gasteiger partial charge in [0.1, 0.15) is 5.75 Å². The highest BCUT2D eigenvalue weighted by Gasteiger charge is 2.18. The summed E-state index contributed by atoms with van der Waals surface area (Å²) >= 11 is 0. The number of furan rings is 1. The molecule has 0 bridgehead atoms. The van der Waals surface area contributed by atoms with Gasteiger partial charge in [-0.05, 0) is 43.3 Å². The van der Waals surface area contributed by atoms with Gasteiger partial charge in [-0.2, -0.15) is 5.26 Å². The largest absolute Gasteiger partial charge is 0.479 e. The maximum absolute atomic E-state index is 11.8. The minimum atomic E-state index is -0.964. The summed E-state index contributed by atoms with van der Waals surface area (Å²) in [5.41, 5.74) is 4.65. The molecule has 0 radical (unpaired) electrons. The van der Waals surface area contributed by atoms with Gasteiger partial charge in [0.05, 0.1) is 17.9 Å². The van der Waals surface area contributed by atoms with Crippen LogP contribution in [0.25, 0.3) is 0 Å². The van der Waals surface area contributed by atoms with Crippen LogP contribution < -0.4 is 15.6 Å². The van der Waals surface area contributed by atoms with E-state index in [0.29, 0.717) is 11.3 Å². The van der Waals surface area contributed by atoms with Gasteiger partial charge in [0.25, 0.3) is 5.91 Å². The lowest BCUT2D eigenvalue weighted by Crippen LogP contribution is -2.44. The Kier molecular flexibility index (Phi) is 6.34. The van der Waals surface area contributed by atoms with Crippen molar-refractivity contribution in [2.45, 2.75) is 13.0 Å². The second-order valence-corrected chi connectivity index (χ2v) is 4.98. The first-order valence-corrected chi connectivity index (χ1v) is 7.45. The molecule has 0 unspecified atom stereocenters. The van der Waals surface area contributed by atoms with E-state index >= 15 is 0 Å². The number of carbonyl (C=O) groups is 3. The van der Waals surface area contributed by atoms with Crippen LogP contribution in [0, 0.1) is 11.3 Å². The monoisotopic (exact) mass is 357 g/mol. The van der Waals surface area contributed by atoms with Crippen LogP contribution >= 0.6 is 0 Å². The summed E-state index contributed by atoms with van der Waals surface area (Å²) < 4.78 is 15.0. The predicted molar refractivity (Wildman–Crippen MR) is 86.5 cm³/mol. The lowest BCUT2D eigenvalue weighted by molar-refractivity contribution is -0.154. The highest BCUT2D eigenvalue weighted by atomic mass is 16.6. The summed E-state index contributed by atoms with van der Waals surface area (Å²) in [5.74, 6) is -1.74. The average molecular weight is 357 g/mol. The molecule has 26 heavy (non-hydrogen) atoms. The van der Waals surface area contributed by atoms with Gasteiger partial charge in [0.15, 0.2) is 18.5 Å². The first kappa shape index (κ1) is 18.5. The Hall–Kier alpha value is -3.80. The number of benzene rings is 1. The molecule has 1 heterocycles. The first-order valence-electron chi connectivity index (χ1n) is 7.45. The number of carbonyl (C=O) groups excluding carboxylic acids is 3. The molecule has 2 N–H and O–H groups in total. The topological polar surface area (TPSA) is 131 Å². The Morgan fingerprint density at radius 3 is 2.54 bits per heavy atom. The molecule has 0 aliphatic rings. The molecule has 2 aromatic rings. The van der Waals surface area contributed by atoms with Crippen LogP contribution in [0.2, 0.25) is 0 Å². The predicted octanol–water partition coefficient (Wildman–Crippen LogP) is 0.923. The molecule has 0 aliphatic heterocycles. The maximum Gasteiger partial charge on any atom is 0.347 e. The van der Waals surface area contributed by atoms with Crippen LogP contribution in [0.3, 0.4) is 0 Å². The van der Waals surface area contributed by atoms with E-state index in [1.54, 1.807) is 24.3 Å². The van der Waals surface area contributed by atoms with Gasteiger partial charge in [-0.15, -0.1) is 0 Å². The molecule has 2 rings (SSSR count). The zero-order chi connectivity index (χ0) is 18.9. The molecule has 1 aromatic carbocycles. The molecule has 2 amide bonds. The van der Waals surface area contributed by atoms with Crippen molar-refractivity contribution in [3.63, 3.8) is 0 Å². The Morgan fingerprint density at radius 1 is 1.19 bits per heavy atom. The van der Waals surface area contributed by atoms with Crippen molar-refractivity contribution in [1.82, 2.24) is 10.9 Å². The number of esters is 1. The van der Waals surface area contributed by atoms with Gasteiger partial charge < -0.3 is 13.9 Å². The average Bonchev–Trinajstić information content (AvgIpc) is 3.19. The Labute approximate surface area is 148 Å². The highest BCUT2D eigenvalue weighted by Crippen LogP contribution is 2.13. The lowest BCUT2D eigenvalue weighted by atomic mass is 10.2. The zero-order valence-corrected chi connectivity index (χ0v) is 13.7. The van der Waals surface area contributed by atoms with Crippen molar-refractivity contribution in [3.05, 3.63) is 54.0 Å². The molecule has 0 spiro atoms. The normalized spacial score (nSPS) is 10.9. The Balaban J connectivity index is 1.71. The molecule has 0 fully saturated rings. The molecule has 9 heteroatoms. The number of nitrogens with one attached hydrogen (secondary N) is 2. The molecular formula is C17H15N3O6. The Bertz CT molecular complexity index is 808. The number of rotatable bonds is 6. The van der Waals surface area contributed by atoms with E-state index in [0.717, 1.165) is 0 Å². The standard InChI is InChI=1S/C17H15N3O6/c1-11(26-13-6-4-12(9-18)5-7-13)17(23)25-10-15(21)19-20-16(22)14-3-2-8-24-14/h2-8,11H,10H2,1H3,(H,19,21)(H,20,22)/t11-/m1/s1. The SMILES string of the molecule is C[C@@H](Oc1ccc(C#N)cc1)C(=O)OCC(=O)NNC(=O)c1ccco1. The van der Waals surface area contributed by atoms with Crippen LogP contribution in [0.1, 0.15) is 23.0 Å². The summed E-state index contributed by atoms with van der Waals surface area (Å²) in [6.45, 7) is 0.857. The number of hydrogen-bond acceptors (Lipinski definition) is 7. The van der Waals surface area contributed by atoms with E-state index in [4.69, 9.17) is 19.2 Å². The highest BCUT2D eigenvalue weighted by molar-refractivity contribution is 5.93. The Morgan fingerprint density at radius 2 is 1.92 bits per heavy atom. The summed E-state index contributed by atoms with van der Waals surface area (Å²) in [6, 6.07) is 11.1. The smallest absolute Gasteiger partial charge is 0.347 e. The number of nitrogens with zero attached hydrogens (tertiary/aromatic N) is 1. The third-order valence-corrected chi connectivity index (χ3v) is 3.03. The van der Waals surface area contributed by atoms with Crippen LogP contribution in [0.5, 0.6) is 5.75 Å². The fourth-order valence-electron chi connectivity index (χ4n) is 1.75. The van der Waals surface area contributed by atoms with Gasteiger partial charge in [0, 0.05) is 0 Å². The number of ether oxygens (including phenoxy) is 2. The van der Waals surface area contributed by atoms with Crippen molar-refractivity contribution >= 4 is 17.8 Å². The molecule has 1 aromatic heterocycles. The van der Waals surface area contributed by atoms with Crippen molar-refractivity contribution in [3.8, 4) is 11.8 Å². The van der Waals surface area contributed by atoms with Gasteiger partial charge in [0.2, 0.25) is 0 Å². The molecule has 0 saturated heterocycles. The molecule has 0 aliphatic carbocycles. The van der Waals surface area contributed by atoms with Crippen molar-refractivity contribution < 1.29 is 28.3 Å². The van der Waals surface area contributed by atoms with Gasteiger partial charge >= 0.3 is 11.9 Å². The molecular weight excluding hydrogens is 342 g/mol. The van der Waals surface area contributed by atoms with E-state index in [9.17, 15) is 14.4 Å². The van der Waals surface area contributed by atoms with E-state index < -0.39 is 30.5 Å². The minimum absolute atomic E-state index is 0.0201. The summed E-state index contributed by atoms with van der Waals surface area (Å²) in [6.07, 6.45) is 0.349. The van der Waals surface area contributed by atoms with Crippen LogP contribution in [0.15, 0.2) is 47.1 Å². The van der Waals surface area contributed by atoms with Crippen LogP contribution in [-0.4, -0.2) is 30.5 Å². The van der Waals surface area contributed by atoms with Crippen molar-refractivity contribution in [2.24, 2.45) is 0 Å². The summed E-state index contributed by atoms with van der Waals surface area (Å²) in [5, 5.41) is 8.72. The third kappa shape index (κ3) is 5.38. The summed E-state index contributed by atoms with van der Waals surface area (Å²) in [7, 11) is 0. The van der Waals surface area contributed by atoms with Crippen LogP contribution in [0.4, 0.5) is 0 Å². The second-order valence-electron chi connectivity index (χ2n) is 4.98. The summed E-state index contributed by atoms with van der Waals surface area (Å²) in [4.78, 5) is 34.9. The lowest BCUT2D eigenvalue weighted by Gasteiger charge is -2.14. The van der Waals surface area contributed by atoms with E-state index in [1.807, 2.05) is 6.07 Å². The van der Waals surface area contributed by atoms with Crippen molar-refractivity contribution in [2.75, 3.05) is 6.61 Å². The van der Waals surface area contributed by atoms with E-state index in [1.165, 1.54) is 25.3 Å². The maximum atomic E-state index is 11.8. The number of amides is 2. The second kappa shape index (κ2) is 8.89. The first-order chi connectivity index (χ1) is 12.5. The van der Waals surface area contributed by atoms with Crippen LogP contribution in [-0.2, 0) is 14.3 Å². The fraction of sp³-hybridized carbons (Fsp3) is 0.176. The number of hydrogen-bond donors (Lipinski definition) is 2. The minimum Gasteiger partial charge on any atom is -0.479 e. The van der Waals surface area contributed by atoms with Gasteiger partial charge in [-0.1, -0.05) is 0 Å². The number of nitriles is 1. The van der Waals surface area contributed by atoms with E-state index in [-0.39, 0.29) is 5.76 Å². The number of hydrazine groups is 1. The third-order valence-electron chi connectivity index (χ3n) is 3.03.